The Bertz CT molecular complexity index is 680. The van der Waals surface area contributed by atoms with Crippen LogP contribution in [0.5, 0.6) is 0 Å². The topological polar surface area (TPSA) is 66.5 Å². The van der Waals surface area contributed by atoms with E-state index < -0.39 is 10.0 Å². The SMILES string of the molecule is CCC[C@@H](C)C(=O)Nc1cc(S(=O)(=O)N2CCCCC2)ccc1C. The summed E-state index contributed by atoms with van der Waals surface area (Å²) in [5.41, 5.74) is 1.45. The molecule has 0 radical (unpaired) electrons. The van der Waals surface area contributed by atoms with Crippen LogP contribution in [0.1, 0.15) is 51.5 Å². The lowest BCUT2D eigenvalue weighted by molar-refractivity contribution is -0.119. The number of hydrogen-bond acceptors (Lipinski definition) is 3. The zero-order valence-electron chi connectivity index (χ0n) is 14.8. The number of amides is 1. The van der Waals surface area contributed by atoms with Crippen molar-refractivity contribution >= 4 is 21.6 Å². The highest BCUT2D eigenvalue weighted by molar-refractivity contribution is 7.89. The van der Waals surface area contributed by atoms with Crippen molar-refractivity contribution in [2.45, 2.75) is 57.8 Å². The number of sulfonamides is 1. The molecule has 1 heterocycles. The van der Waals surface area contributed by atoms with Gasteiger partial charge in [0.05, 0.1) is 4.90 Å². The van der Waals surface area contributed by atoms with Crippen molar-refractivity contribution in [1.29, 1.82) is 0 Å². The van der Waals surface area contributed by atoms with Crippen LogP contribution >= 0.6 is 0 Å². The molecule has 1 N–H and O–H groups in total. The van der Waals surface area contributed by atoms with E-state index in [4.69, 9.17) is 0 Å². The molecule has 0 aliphatic carbocycles. The van der Waals surface area contributed by atoms with Crippen LogP contribution in [0.25, 0.3) is 0 Å². The van der Waals surface area contributed by atoms with E-state index in [1.165, 1.54) is 0 Å². The molecule has 0 aromatic heterocycles. The van der Waals surface area contributed by atoms with Gasteiger partial charge in [-0.1, -0.05) is 32.8 Å². The predicted octanol–water partition coefficient (Wildman–Crippen LogP) is 3.54. The third-order valence-corrected chi connectivity index (χ3v) is 6.48. The highest BCUT2D eigenvalue weighted by Gasteiger charge is 2.26. The van der Waals surface area contributed by atoms with Crippen molar-refractivity contribution in [1.82, 2.24) is 4.31 Å². The Labute approximate surface area is 145 Å². The maximum Gasteiger partial charge on any atom is 0.243 e. The quantitative estimate of drug-likeness (QED) is 0.851. The monoisotopic (exact) mass is 352 g/mol. The number of benzene rings is 1. The molecule has 1 amide bonds. The van der Waals surface area contributed by atoms with Gasteiger partial charge in [0.15, 0.2) is 0 Å². The van der Waals surface area contributed by atoms with Crippen molar-refractivity contribution in [3.63, 3.8) is 0 Å². The lowest BCUT2D eigenvalue weighted by atomic mass is 10.1. The van der Waals surface area contributed by atoms with Gasteiger partial charge < -0.3 is 5.32 Å². The van der Waals surface area contributed by atoms with Gasteiger partial charge in [0, 0.05) is 24.7 Å². The molecule has 0 spiro atoms. The van der Waals surface area contributed by atoms with Crippen LogP contribution in [0.15, 0.2) is 23.1 Å². The number of anilines is 1. The molecule has 0 unspecified atom stereocenters. The minimum absolute atomic E-state index is 0.0625. The molecule has 1 aliphatic rings. The van der Waals surface area contributed by atoms with Gasteiger partial charge in [-0.3, -0.25) is 4.79 Å². The standard InChI is InChI=1S/C18H28N2O3S/c1-4-8-15(3)18(21)19-17-13-16(10-9-14(17)2)24(22,23)20-11-6-5-7-12-20/h9-10,13,15H,4-8,11-12H2,1-3H3,(H,19,21)/t15-/m1/s1. The minimum Gasteiger partial charge on any atom is -0.326 e. The van der Waals surface area contributed by atoms with E-state index in [1.807, 2.05) is 20.8 Å². The third kappa shape index (κ3) is 4.36. The second-order valence-electron chi connectivity index (χ2n) is 6.62. The average Bonchev–Trinajstić information content (AvgIpc) is 2.57. The van der Waals surface area contributed by atoms with E-state index in [-0.39, 0.29) is 16.7 Å². The van der Waals surface area contributed by atoms with Crippen molar-refractivity contribution in [3.05, 3.63) is 23.8 Å². The second-order valence-corrected chi connectivity index (χ2v) is 8.56. The largest absolute Gasteiger partial charge is 0.326 e. The van der Waals surface area contributed by atoms with Crippen LogP contribution < -0.4 is 5.32 Å². The Hall–Kier alpha value is -1.40. The Balaban J connectivity index is 2.23. The van der Waals surface area contributed by atoms with Gasteiger partial charge in [-0.15, -0.1) is 0 Å². The smallest absolute Gasteiger partial charge is 0.243 e. The maximum atomic E-state index is 12.8. The van der Waals surface area contributed by atoms with Gasteiger partial charge in [-0.25, -0.2) is 8.42 Å². The number of hydrogen-bond donors (Lipinski definition) is 1. The first-order valence-corrected chi connectivity index (χ1v) is 10.2. The predicted molar refractivity (Wildman–Crippen MR) is 96.5 cm³/mol. The number of carbonyl (C=O) groups is 1. The fraction of sp³-hybridized carbons (Fsp3) is 0.611. The Kier molecular flexibility index (Phi) is 6.40. The van der Waals surface area contributed by atoms with Crippen LogP contribution in [0.3, 0.4) is 0 Å². The number of carbonyl (C=O) groups excluding carboxylic acids is 1. The first-order chi connectivity index (χ1) is 11.4. The lowest BCUT2D eigenvalue weighted by Crippen LogP contribution is -2.35. The first kappa shape index (κ1) is 18.9. The summed E-state index contributed by atoms with van der Waals surface area (Å²) in [7, 11) is -3.49. The zero-order chi connectivity index (χ0) is 17.7. The summed E-state index contributed by atoms with van der Waals surface area (Å²) in [4.78, 5) is 12.5. The van der Waals surface area contributed by atoms with Crippen LogP contribution in [-0.4, -0.2) is 31.7 Å². The molecule has 6 heteroatoms. The molecule has 0 bridgehead atoms. The van der Waals surface area contributed by atoms with E-state index >= 15 is 0 Å². The Morgan fingerprint density at radius 3 is 2.54 bits per heavy atom. The highest BCUT2D eigenvalue weighted by atomic mass is 32.2. The van der Waals surface area contributed by atoms with Crippen molar-refractivity contribution in [2.24, 2.45) is 5.92 Å². The first-order valence-electron chi connectivity index (χ1n) is 8.78. The average molecular weight is 353 g/mol. The lowest BCUT2D eigenvalue weighted by Gasteiger charge is -2.26. The Morgan fingerprint density at radius 2 is 1.92 bits per heavy atom. The van der Waals surface area contributed by atoms with Crippen LogP contribution in [-0.2, 0) is 14.8 Å². The van der Waals surface area contributed by atoms with E-state index in [0.29, 0.717) is 18.8 Å². The Morgan fingerprint density at radius 1 is 1.25 bits per heavy atom. The summed E-state index contributed by atoms with van der Waals surface area (Å²) in [6.07, 6.45) is 4.65. The van der Waals surface area contributed by atoms with Crippen molar-refractivity contribution in [3.8, 4) is 0 Å². The molecular weight excluding hydrogens is 324 g/mol. The molecule has 1 aromatic rings. The highest BCUT2D eigenvalue weighted by Crippen LogP contribution is 2.25. The summed E-state index contributed by atoms with van der Waals surface area (Å²) < 4.78 is 27.1. The third-order valence-electron chi connectivity index (χ3n) is 4.59. The number of piperidine rings is 1. The molecular formula is C18H28N2O3S. The van der Waals surface area contributed by atoms with Gasteiger partial charge >= 0.3 is 0 Å². The van der Waals surface area contributed by atoms with E-state index in [9.17, 15) is 13.2 Å². The molecule has 1 fully saturated rings. The molecule has 24 heavy (non-hydrogen) atoms. The van der Waals surface area contributed by atoms with Gasteiger partial charge in [-0.2, -0.15) is 4.31 Å². The molecule has 1 saturated heterocycles. The molecule has 1 aromatic carbocycles. The van der Waals surface area contributed by atoms with Gasteiger partial charge in [0.25, 0.3) is 0 Å². The summed E-state index contributed by atoms with van der Waals surface area (Å²) >= 11 is 0. The van der Waals surface area contributed by atoms with E-state index in [1.54, 1.807) is 22.5 Å². The molecule has 1 atom stereocenters. The van der Waals surface area contributed by atoms with Crippen molar-refractivity contribution in [2.75, 3.05) is 18.4 Å². The summed E-state index contributed by atoms with van der Waals surface area (Å²) in [6, 6.07) is 4.98. The number of nitrogens with one attached hydrogen (secondary N) is 1. The normalized spacial score (nSPS) is 17.5. The molecule has 134 valence electrons. The van der Waals surface area contributed by atoms with Gasteiger partial charge in [-0.05, 0) is 43.9 Å². The second kappa shape index (κ2) is 8.12. The zero-order valence-corrected chi connectivity index (χ0v) is 15.7. The fourth-order valence-corrected chi connectivity index (χ4v) is 4.51. The molecule has 2 rings (SSSR count). The fourth-order valence-electron chi connectivity index (χ4n) is 2.97. The van der Waals surface area contributed by atoms with Crippen molar-refractivity contribution < 1.29 is 13.2 Å². The molecule has 0 saturated carbocycles. The number of rotatable bonds is 6. The summed E-state index contributed by atoms with van der Waals surface area (Å²) in [6.45, 7) is 6.96. The molecule has 1 aliphatic heterocycles. The number of nitrogens with zero attached hydrogens (tertiary/aromatic N) is 1. The number of aryl methyl sites for hydroxylation is 1. The van der Waals surface area contributed by atoms with Gasteiger partial charge in [0.1, 0.15) is 0 Å². The summed E-state index contributed by atoms with van der Waals surface area (Å²) in [5.74, 6) is -0.149. The van der Waals surface area contributed by atoms with E-state index in [0.717, 1.165) is 37.7 Å². The van der Waals surface area contributed by atoms with Crippen LogP contribution in [0.4, 0.5) is 5.69 Å². The van der Waals surface area contributed by atoms with Gasteiger partial charge in [0.2, 0.25) is 15.9 Å². The van der Waals surface area contributed by atoms with Crippen LogP contribution in [0, 0.1) is 12.8 Å². The van der Waals surface area contributed by atoms with Crippen LogP contribution in [0.2, 0.25) is 0 Å². The summed E-state index contributed by atoms with van der Waals surface area (Å²) in [5, 5.41) is 2.89. The maximum absolute atomic E-state index is 12.8. The minimum atomic E-state index is -3.49. The molecule has 5 nitrogen and oxygen atoms in total. The van der Waals surface area contributed by atoms with E-state index in [2.05, 4.69) is 5.32 Å².